The lowest BCUT2D eigenvalue weighted by molar-refractivity contribution is 0.238. The highest BCUT2D eigenvalue weighted by Crippen LogP contribution is 2.23. The molecular formula is C14H23NO. The fourth-order valence-corrected chi connectivity index (χ4v) is 1.58. The lowest BCUT2D eigenvalue weighted by Gasteiger charge is -2.25. The number of para-hydroxylation sites is 1. The molecule has 0 radical (unpaired) electrons. The molecule has 1 aromatic rings. The Morgan fingerprint density at radius 2 is 1.88 bits per heavy atom. The maximum absolute atomic E-state index is 5.81. The molecule has 0 aliphatic heterocycles. The number of benzene rings is 1. The van der Waals surface area contributed by atoms with Crippen molar-refractivity contribution < 1.29 is 4.74 Å². The molecule has 1 rings (SSSR count). The van der Waals surface area contributed by atoms with Crippen molar-refractivity contribution >= 4 is 0 Å². The summed E-state index contributed by atoms with van der Waals surface area (Å²) in [5.41, 5.74) is 1.35. The zero-order chi connectivity index (χ0) is 12.2. The summed E-state index contributed by atoms with van der Waals surface area (Å²) in [4.78, 5) is 0. The molecule has 0 aliphatic carbocycles. The zero-order valence-corrected chi connectivity index (χ0v) is 11.0. The summed E-state index contributed by atoms with van der Waals surface area (Å²) in [5.74, 6) is 1.00. The van der Waals surface area contributed by atoms with Crippen molar-refractivity contribution in [2.45, 2.75) is 45.8 Å². The average Bonchev–Trinajstić information content (AvgIpc) is 2.20. The van der Waals surface area contributed by atoms with Crippen molar-refractivity contribution in [1.29, 1.82) is 0 Å². The molecule has 0 heterocycles. The maximum Gasteiger partial charge on any atom is 0.122 e. The Morgan fingerprint density at radius 3 is 2.44 bits per heavy atom. The van der Waals surface area contributed by atoms with Gasteiger partial charge < -0.3 is 10.1 Å². The lowest BCUT2D eigenvalue weighted by atomic mass is 9.94. The van der Waals surface area contributed by atoms with Gasteiger partial charge in [0.05, 0.1) is 6.10 Å². The first-order valence-corrected chi connectivity index (χ1v) is 5.88. The van der Waals surface area contributed by atoms with Gasteiger partial charge in [-0.15, -0.1) is 0 Å². The normalized spacial score (nSPS) is 11.9. The van der Waals surface area contributed by atoms with E-state index in [4.69, 9.17) is 4.74 Å². The summed E-state index contributed by atoms with van der Waals surface area (Å²) in [6, 6.07) is 8.26. The molecule has 0 atom stereocenters. The minimum atomic E-state index is 0.0937. The summed E-state index contributed by atoms with van der Waals surface area (Å²) in [7, 11) is 1.99. The lowest BCUT2D eigenvalue weighted by Crippen LogP contribution is -2.38. The predicted molar refractivity (Wildman–Crippen MR) is 69.0 cm³/mol. The highest BCUT2D eigenvalue weighted by Gasteiger charge is 2.17. The zero-order valence-electron chi connectivity index (χ0n) is 11.0. The van der Waals surface area contributed by atoms with Crippen LogP contribution >= 0.6 is 0 Å². The molecule has 1 aromatic carbocycles. The highest BCUT2D eigenvalue weighted by atomic mass is 16.5. The Hall–Kier alpha value is -1.02. The summed E-state index contributed by atoms with van der Waals surface area (Å²) in [6.45, 7) is 8.50. The third kappa shape index (κ3) is 3.86. The number of rotatable bonds is 5. The molecule has 0 spiro atoms. The molecule has 0 unspecified atom stereocenters. The van der Waals surface area contributed by atoms with Crippen LogP contribution in [0.15, 0.2) is 24.3 Å². The average molecular weight is 221 g/mol. The topological polar surface area (TPSA) is 21.3 Å². The summed E-state index contributed by atoms with van der Waals surface area (Å²) < 4.78 is 5.81. The number of ether oxygens (including phenoxy) is 1. The molecule has 2 nitrogen and oxygen atoms in total. The van der Waals surface area contributed by atoms with E-state index < -0.39 is 0 Å². The number of hydrogen-bond acceptors (Lipinski definition) is 2. The third-order valence-electron chi connectivity index (χ3n) is 2.64. The van der Waals surface area contributed by atoms with E-state index in [9.17, 15) is 0 Å². The predicted octanol–water partition coefficient (Wildman–Crippen LogP) is 3.01. The molecule has 2 heteroatoms. The smallest absolute Gasteiger partial charge is 0.122 e. The third-order valence-corrected chi connectivity index (χ3v) is 2.64. The van der Waals surface area contributed by atoms with Gasteiger partial charge in [0, 0.05) is 5.54 Å². The van der Waals surface area contributed by atoms with E-state index >= 15 is 0 Å². The molecular weight excluding hydrogens is 198 g/mol. The van der Waals surface area contributed by atoms with Crippen LogP contribution in [0.25, 0.3) is 0 Å². The van der Waals surface area contributed by atoms with E-state index in [0.717, 1.165) is 12.2 Å². The molecule has 0 saturated heterocycles. The van der Waals surface area contributed by atoms with Crippen LogP contribution in [0.3, 0.4) is 0 Å². The van der Waals surface area contributed by atoms with Crippen LogP contribution < -0.4 is 10.1 Å². The minimum absolute atomic E-state index is 0.0937. The van der Waals surface area contributed by atoms with E-state index in [1.165, 1.54) is 5.56 Å². The standard InChI is InChI=1S/C14H23NO/c1-11(2)16-13-9-7-6-8-12(13)10-14(3,4)15-5/h6-9,11,15H,10H2,1-5H3. The van der Waals surface area contributed by atoms with Crippen LogP contribution in [0.4, 0.5) is 0 Å². The summed E-state index contributed by atoms with van der Waals surface area (Å²) in [6.07, 6.45) is 1.19. The fourth-order valence-electron chi connectivity index (χ4n) is 1.58. The van der Waals surface area contributed by atoms with Crippen molar-refractivity contribution in [2.75, 3.05) is 7.05 Å². The maximum atomic E-state index is 5.81. The second-order valence-corrected chi connectivity index (χ2v) is 5.08. The molecule has 0 saturated carbocycles. The summed E-state index contributed by atoms with van der Waals surface area (Å²) in [5, 5.41) is 3.31. The fraction of sp³-hybridized carbons (Fsp3) is 0.571. The molecule has 0 aliphatic rings. The molecule has 16 heavy (non-hydrogen) atoms. The Kier molecular flexibility index (Phi) is 4.36. The van der Waals surface area contributed by atoms with E-state index in [1.54, 1.807) is 0 Å². The van der Waals surface area contributed by atoms with Crippen molar-refractivity contribution in [3.63, 3.8) is 0 Å². The highest BCUT2D eigenvalue weighted by molar-refractivity contribution is 5.34. The van der Waals surface area contributed by atoms with E-state index in [0.29, 0.717) is 0 Å². The largest absolute Gasteiger partial charge is 0.491 e. The number of nitrogens with one attached hydrogen (secondary N) is 1. The summed E-state index contributed by atoms with van der Waals surface area (Å²) >= 11 is 0. The van der Waals surface area contributed by atoms with Crippen molar-refractivity contribution in [1.82, 2.24) is 5.32 Å². The van der Waals surface area contributed by atoms with Gasteiger partial charge in [-0.3, -0.25) is 0 Å². The number of likely N-dealkylation sites (N-methyl/N-ethyl adjacent to an activating group) is 1. The second kappa shape index (κ2) is 5.35. The van der Waals surface area contributed by atoms with Gasteiger partial charge in [0.15, 0.2) is 0 Å². The molecule has 1 N–H and O–H groups in total. The van der Waals surface area contributed by atoms with Crippen LogP contribution in [0.1, 0.15) is 33.3 Å². The van der Waals surface area contributed by atoms with Gasteiger partial charge in [-0.1, -0.05) is 18.2 Å². The Balaban J connectivity index is 2.86. The minimum Gasteiger partial charge on any atom is -0.491 e. The quantitative estimate of drug-likeness (QED) is 0.825. The van der Waals surface area contributed by atoms with Crippen molar-refractivity contribution in [3.8, 4) is 5.75 Å². The Morgan fingerprint density at radius 1 is 1.25 bits per heavy atom. The van der Waals surface area contributed by atoms with E-state index in [2.05, 4.69) is 45.1 Å². The van der Waals surface area contributed by atoms with Crippen LogP contribution in [0, 0.1) is 0 Å². The van der Waals surface area contributed by atoms with Crippen LogP contribution in [-0.2, 0) is 6.42 Å². The van der Waals surface area contributed by atoms with Crippen LogP contribution in [0.2, 0.25) is 0 Å². The second-order valence-electron chi connectivity index (χ2n) is 5.08. The molecule has 90 valence electrons. The van der Waals surface area contributed by atoms with Crippen molar-refractivity contribution in [3.05, 3.63) is 29.8 Å². The van der Waals surface area contributed by atoms with Gasteiger partial charge in [0.25, 0.3) is 0 Å². The van der Waals surface area contributed by atoms with Crippen LogP contribution in [-0.4, -0.2) is 18.7 Å². The SMILES string of the molecule is CNC(C)(C)Cc1ccccc1OC(C)C. The Labute approximate surface area is 99.0 Å². The first-order chi connectivity index (χ1) is 7.44. The Bertz CT molecular complexity index is 331. The first kappa shape index (κ1) is 13.0. The van der Waals surface area contributed by atoms with Gasteiger partial charge >= 0.3 is 0 Å². The molecule has 0 amide bonds. The monoisotopic (exact) mass is 221 g/mol. The number of hydrogen-bond donors (Lipinski definition) is 1. The molecule has 0 aromatic heterocycles. The van der Waals surface area contributed by atoms with Gasteiger partial charge in [0.1, 0.15) is 5.75 Å². The van der Waals surface area contributed by atoms with Crippen LogP contribution in [0.5, 0.6) is 5.75 Å². The van der Waals surface area contributed by atoms with Gasteiger partial charge in [-0.2, -0.15) is 0 Å². The molecule has 0 bridgehead atoms. The van der Waals surface area contributed by atoms with Gasteiger partial charge in [-0.25, -0.2) is 0 Å². The van der Waals surface area contributed by atoms with Gasteiger partial charge in [-0.05, 0) is 52.8 Å². The van der Waals surface area contributed by atoms with E-state index in [1.807, 2.05) is 19.2 Å². The van der Waals surface area contributed by atoms with Crippen molar-refractivity contribution in [2.24, 2.45) is 0 Å². The first-order valence-electron chi connectivity index (χ1n) is 5.88. The molecule has 0 fully saturated rings. The van der Waals surface area contributed by atoms with E-state index in [-0.39, 0.29) is 11.6 Å². The van der Waals surface area contributed by atoms with Gasteiger partial charge in [0.2, 0.25) is 0 Å².